The van der Waals surface area contributed by atoms with Crippen LogP contribution in [0.5, 0.6) is 0 Å². The van der Waals surface area contributed by atoms with Gasteiger partial charge in [0.05, 0.1) is 6.10 Å². The second-order valence-electron chi connectivity index (χ2n) is 9.10. The second-order valence-corrected chi connectivity index (χ2v) is 9.32. The van der Waals surface area contributed by atoms with Crippen LogP contribution in [0.15, 0.2) is 23.3 Å². The van der Waals surface area contributed by atoms with Crippen molar-refractivity contribution in [1.82, 2.24) is 5.32 Å². The molecule has 7 nitrogen and oxygen atoms in total. The Balaban J connectivity index is 1.70. The lowest BCUT2D eigenvalue weighted by molar-refractivity contribution is -0.149. The summed E-state index contributed by atoms with van der Waals surface area (Å²) in [5.74, 6) is -0.637. The first-order chi connectivity index (χ1) is 16.4. The molecule has 2 rings (SSSR count). The Labute approximate surface area is 208 Å². The molecule has 0 bridgehead atoms. The predicted molar refractivity (Wildman–Crippen MR) is 132 cm³/mol. The van der Waals surface area contributed by atoms with E-state index in [4.69, 9.17) is 25.8 Å². The SMILES string of the molecule is CCCCCCC[C@H](C/C=C/CCC(=O)NC/C(=C/Cl)[C@]12O[C@H]1[C@H](OC(C)=O)CCC2=O)OC. The molecule has 2 fully saturated rings. The van der Waals surface area contributed by atoms with Gasteiger partial charge in [-0.05, 0) is 25.7 Å². The van der Waals surface area contributed by atoms with Gasteiger partial charge in [-0.15, -0.1) is 0 Å². The number of ether oxygens (including phenoxy) is 3. The summed E-state index contributed by atoms with van der Waals surface area (Å²) in [4.78, 5) is 36.2. The van der Waals surface area contributed by atoms with Crippen molar-refractivity contribution in [2.45, 2.75) is 108 Å². The molecule has 8 heteroatoms. The second kappa shape index (κ2) is 14.6. The van der Waals surface area contributed by atoms with Crippen molar-refractivity contribution >= 4 is 29.3 Å². The van der Waals surface area contributed by atoms with E-state index in [2.05, 4.69) is 18.3 Å². The Morgan fingerprint density at radius 3 is 2.71 bits per heavy atom. The van der Waals surface area contributed by atoms with Crippen molar-refractivity contribution in [3.8, 4) is 0 Å². The van der Waals surface area contributed by atoms with Crippen molar-refractivity contribution < 1.29 is 28.6 Å². The molecule has 1 heterocycles. The maximum Gasteiger partial charge on any atom is 0.302 e. The fourth-order valence-corrected chi connectivity index (χ4v) is 4.77. The van der Waals surface area contributed by atoms with E-state index in [1.165, 1.54) is 44.6 Å². The molecule has 1 amide bonds. The lowest BCUT2D eigenvalue weighted by Crippen LogP contribution is -2.43. The number of methoxy groups -OCH3 is 1. The molecule has 0 aromatic carbocycles. The third-order valence-electron chi connectivity index (χ3n) is 6.53. The molecule has 192 valence electrons. The minimum absolute atomic E-state index is 0.0944. The van der Waals surface area contributed by atoms with Gasteiger partial charge >= 0.3 is 5.97 Å². The molecule has 1 saturated heterocycles. The number of hydrogen-bond donors (Lipinski definition) is 1. The van der Waals surface area contributed by atoms with Gasteiger partial charge < -0.3 is 19.5 Å². The zero-order valence-corrected chi connectivity index (χ0v) is 21.5. The van der Waals surface area contributed by atoms with Gasteiger partial charge in [0, 0.05) is 44.5 Å². The van der Waals surface area contributed by atoms with Crippen LogP contribution in [-0.2, 0) is 28.6 Å². The Kier molecular flexibility index (Phi) is 12.3. The van der Waals surface area contributed by atoms with Crippen LogP contribution in [0.25, 0.3) is 0 Å². The number of halogens is 1. The van der Waals surface area contributed by atoms with E-state index in [9.17, 15) is 14.4 Å². The number of allylic oxidation sites excluding steroid dienone is 1. The molecule has 0 aromatic rings. The van der Waals surface area contributed by atoms with Crippen molar-refractivity contribution in [3.05, 3.63) is 23.3 Å². The quantitative estimate of drug-likeness (QED) is 0.143. The summed E-state index contributed by atoms with van der Waals surface area (Å²) >= 11 is 5.99. The molecule has 4 atom stereocenters. The molecule has 0 spiro atoms. The molecule has 0 aromatic heterocycles. The first-order valence-corrected chi connectivity index (χ1v) is 12.9. The number of unbranched alkanes of at least 4 members (excludes halogenated alkanes) is 4. The summed E-state index contributed by atoms with van der Waals surface area (Å²) in [7, 11) is 1.75. The molecular weight excluding hydrogens is 458 g/mol. The lowest BCUT2D eigenvalue weighted by Gasteiger charge is -2.24. The monoisotopic (exact) mass is 497 g/mol. The standard InChI is InChI=1S/C26H40ClNO6/c1-4-5-6-7-9-12-21(32-3)13-10-8-11-14-24(31)28-18-20(17-27)26-23(30)16-15-22(25(26)34-26)33-19(2)29/h8,10,17,21-22,25H,4-7,9,11-16,18H2,1-3H3,(H,28,31)/b10-8+,20-17-/t21-,22-,25+,26-/m1/s1. The third-order valence-corrected chi connectivity index (χ3v) is 6.80. The maximum absolute atomic E-state index is 12.6. The number of nitrogens with one attached hydrogen (secondary N) is 1. The first kappa shape index (κ1) is 28.5. The molecule has 2 aliphatic rings. The van der Waals surface area contributed by atoms with E-state index >= 15 is 0 Å². The molecule has 1 aliphatic carbocycles. The van der Waals surface area contributed by atoms with Gasteiger partial charge in [0.2, 0.25) is 5.91 Å². The van der Waals surface area contributed by atoms with Gasteiger partial charge in [0.1, 0.15) is 12.2 Å². The minimum atomic E-state index is -1.18. The average molecular weight is 498 g/mol. The van der Waals surface area contributed by atoms with Gasteiger partial charge in [-0.3, -0.25) is 14.4 Å². The summed E-state index contributed by atoms with van der Waals surface area (Å²) in [6.45, 7) is 3.66. The maximum atomic E-state index is 12.6. The highest BCUT2D eigenvalue weighted by atomic mass is 35.5. The average Bonchev–Trinajstić information content (AvgIpc) is 3.57. The van der Waals surface area contributed by atoms with Crippen molar-refractivity contribution in [1.29, 1.82) is 0 Å². The van der Waals surface area contributed by atoms with Gasteiger partial charge in [-0.2, -0.15) is 0 Å². The topological polar surface area (TPSA) is 94.2 Å². The van der Waals surface area contributed by atoms with Gasteiger partial charge in [0.15, 0.2) is 11.4 Å². The minimum Gasteiger partial charge on any atom is -0.460 e. The van der Waals surface area contributed by atoms with Crippen LogP contribution in [0.1, 0.15) is 84.5 Å². The smallest absolute Gasteiger partial charge is 0.302 e. The fraction of sp³-hybridized carbons (Fsp3) is 0.731. The highest BCUT2D eigenvalue weighted by Crippen LogP contribution is 2.51. The molecule has 34 heavy (non-hydrogen) atoms. The fourth-order valence-electron chi connectivity index (χ4n) is 4.53. The molecule has 1 aliphatic heterocycles. The summed E-state index contributed by atoms with van der Waals surface area (Å²) in [5, 5.41) is 2.82. The van der Waals surface area contributed by atoms with Crippen LogP contribution in [0.4, 0.5) is 0 Å². The van der Waals surface area contributed by atoms with E-state index in [-0.39, 0.29) is 30.8 Å². The number of carbonyl (C=O) groups is 3. The van der Waals surface area contributed by atoms with E-state index < -0.39 is 23.8 Å². The number of epoxide rings is 1. The predicted octanol–water partition coefficient (Wildman–Crippen LogP) is 4.76. The first-order valence-electron chi connectivity index (χ1n) is 12.5. The van der Waals surface area contributed by atoms with E-state index in [0.29, 0.717) is 24.8 Å². The zero-order chi connectivity index (χ0) is 25.0. The van der Waals surface area contributed by atoms with Crippen LogP contribution in [0.2, 0.25) is 0 Å². The van der Waals surface area contributed by atoms with Gasteiger partial charge in [0.25, 0.3) is 0 Å². The number of Topliss-reactive ketones (excluding diaryl/α,β-unsaturated/α-hetero) is 1. The van der Waals surface area contributed by atoms with Gasteiger partial charge in [-0.1, -0.05) is 62.8 Å². The molecule has 0 unspecified atom stereocenters. The van der Waals surface area contributed by atoms with Crippen LogP contribution in [-0.4, -0.2) is 55.2 Å². The zero-order valence-electron chi connectivity index (χ0n) is 20.8. The Hall–Kier alpha value is -1.70. The van der Waals surface area contributed by atoms with Crippen molar-refractivity contribution in [2.24, 2.45) is 0 Å². The highest BCUT2D eigenvalue weighted by Gasteiger charge is 2.69. The van der Waals surface area contributed by atoms with Crippen LogP contribution >= 0.6 is 11.6 Å². The van der Waals surface area contributed by atoms with Crippen LogP contribution < -0.4 is 5.32 Å². The Morgan fingerprint density at radius 1 is 1.26 bits per heavy atom. The van der Waals surface area contributed by atoms with E-state index in [1.54, 1.807) is 7.11 Å². The number of ketones is 1. The van der Waals surface area contributed by atoms with Crippen LogP contribution in [0.3, 0.4) is 0 Å². The molecule has 0 radical (unpaired) electrons. The molecule has 1 N–H and O–H groups in total. The normalized spacial score (nSPS) is 25.2. The Bertz CT molecular complexity index is 752. The number of carbonyl (C=O) groups excluding carboxylic acids is 3. The lowest BCUT2D eigenvalue weighted by atomic mass is 9.81. The van der Waals surface area contributed by atoms with Gasteiger partial charge in [-0.25, -0.2) is 0 Å². The largest absolute Gasteiger partial charge is 0.460 e. The highest BCUT2D eigenvalue weighted by molar-refractivity contribution is 6.26. The van der Waals surface area contributed by atoms with Crippen molar-refractivity contribution in [2.75, 3.05) is 13.7 Å². The summed E-state index contributed by atoms with van der Waals surface area (Å²) < 4.78 is 16.6. The summed E-state index contributed by atoms with van der Waals surface area (Å²) in [5.41, 5.74) is 0.604. The van der Waals surface area contributed by atoms with Crippen LogP contribution in [0, 0.1) is 0 Å². The number of esters is 1. The molecule has 1 saturated carbocycles. The van der Waals surface area contributed by atoms with E-state index in [1.807, 2.05) is 6.08 Å². The van der Waals surface area contributed by atoms with Crippen molar-refractivity contribution in [3.63, 3.8) is 0 Å². The number of hydrogen-bond acceptors (Lipinski definition) is 6. The number of fused-ring (bicyclic) bond motifs is 1. The summed E-state index contributed by atoms with van der Waals surface area (Å²) in [6.07, 6.45) is 13.1. The third kappa shape index (κ3) is 8.21. The Morgan fingerprint density at radius 2 is 2.03 bits per heavy atom. The number of amides is 1. The molecular formula is C26H40ClNO6. The summed E-state index contributed by atoms with van der Waals surface area (Å²) in [6, 6.07) is 0. The van der Waals surface area contributed by atoms with E-state index in [0.717, 1.165) is 12.8 Å². The number of rotatable bonds is 16.